The molecule has 0 aromatic rings. The van der Waals surface area contributed by atoms with Gasteiger partial charge in [0.05, 0.1) is 0 Å². The molecular weight excluding hydrogens is 233 g/mol. The smallest absolute Gasteiger partial charge is 0.223 e. The van der Waals surface area contributed by atoms with Gasteiger partial charge in [-0.1, -0.05) is 20.3 Å². The maximum atomic E-state index is 11.7. The second kappa shape index (κ2) is 5.40. The van der Waals surface area contributed by atoms with Gasteiger partial charge in [0.25, 0.3) is 0 Å². The van der Waals surface area contributed by atoms with E-state index in [1.165, 1.54) is 0 Å². The summed E-state index contributed by atoms with van der Waals surface area (Å²) in [6.07, 6.45) is 3.70. The summed E-state index contributed by atoms with van der Waals surface area (Å²) in [5.41, 5.74) is 0. The van der Waals surface area contributed by atoms with Crippen LogP contribution in [0.25, 0.3) is 0 Å². The largest absolute Gasteiger partial charge is 0.355 e. The van der Waals surface area contributed by atoms with Gasteiger partial charge in [-0.3, -0.25) is 4.79 Å². The van der Waals surface area contributed by atoms with Crippen LogP contribution in [0.3, 0.4) is 0 Å². The lowest BCUT2D eigenvalue weighted by Gasteiger charge is -2.13. The molecule has 0 saturated heterocycles. The SMILES string of the molecule is CCCC(CC)C(=O)NC[C@H]1CC1(Cl)Cl. The van der Waals surface area contributed by atoms with E-state index in [0.29, 0.717) is 6.54 Å². The average Bonchev–Trinajstić information content (AvgIpc) is 2.79. The van der Waals surface area contributed by atoms with Crippen molar-refractivity contribution in [1.29, 1.82) is 0 Å². The first-order chi connectivity index (χ1) is 7.01. The average molecular weight is 252 g/mol. The van der Waals surface area contributed by atoms with Crippen LogP contribution in [0.1, 0.15) is 39.5 Å². The standard InChI is InChI=1S/C11H19Cl2NO/c1-3-5-8(4-2)10(15)14-7-9-6-11(9,12)13/h8-9H,3-7H2,1-2H3,(H,14,15)/t8?,9-/m1/s1. The summed E-state index contributed by atoms with van der Waals surface area (Å²) in [4.78, 5) is 11.7. The van der Waals surface area contributed by atoms with E-state index in [9.17, 15) is 4.79 Å². The molecule has 1 N–H and O–H groups in total. The fourth-order valence-electron chi connectivity index (χ4n) is 1.73. The molecule has 0 aliphatic heterocycles. The van der Waals surface area contributed by atoms with E-state index in [1.807, 2.05) is 6.92 Å². The maximum Gasteiger partial charge on any atom is 0.223 e. The predicted molar refractivity (Wildman–Crippen MR) is 64.2 cm³/mol. The number of hydrogen-bond acceptors (Lipinski definition) is 1. The Morgan fingerprint density at radius 3 is 2.53 bits per heavy atom. The van der Waals surface area contributed by atoms with Crippen molar-refractivity contribution in [2.45, 2.75) is 43.9 Å². The Bertz CT molecular complexity index is 231. The van der Waals surface area contributed by atoms with E-state index in [0.717, 1.165) is 25.7 Å². The molecule has 0 bridgehead atoms. The number of halogens is 2. The van der Waals surface area contributed by atoms with Crippen molar-refractivity contribution in [3.8, 4) is 0 Å². The maximum absolute atomic E-state index is 11.7. The molecule has 0 heterocycles. The lowest BCUT2D eigenvalue weighted by molar-refractivity contribution is -0.125. The first kappa shape index (κ1) is 13.1. The molecule has 1 unspecified atom stereocenters. The molecule has 1 aliphatic carbocycles. The molecule has 4 heteroatoms. The number of alkyl halides is 2. The second-order valence-corrected chi connectivity index (χ2v) is 5.84. The van der Waals surface area contributed by atoms with Crippen LogP contribution in [0.5, 0.6) is 0 Å². The minimum atomic E-state index is -0.584. The molecule has 88 valence electrons. The Hall–Kier alpha value is 0.0500. The molecular formula is C11H19Cl2NO. The van der Waals surface area contributed by atoms with Gasteiger partial charge in [-0.05, 0) is 19.3 Å². The van der Waals surface area contributed by atoms with Gasteiger partial charge in [0, 0.05) is 18.4 Å². The monoisotopic (exact) mass is 251 g/mol. The van der Waals surface area contributed by atoms with Crippen LogP contribution in [-0.2, 0) is 4.79 Å². The van der Waals surface area contributed by atoms with Crippen molar-refractivity contribution in [2.24, 2.45) is 11.8 Å². The van der Waals surface area contributed by atoms with Crippen molar-refractivity contribution < 1.29 is 4.79 Å². The Balaban J connectivity index is 2.23. The highest BCUT2D eigenvalue weighted by Crippen LogP contribution is 2.52. The topological polar surface area (TPSA) is 29.1 Å². The summed E-state index contributed by atoms with van der Waals surface area (Å²) in [7, 11) is 0. The minimum absolute atomic E-state index is 0.147. The normalized spacial score (nSPS) is 24.7. The number of hydrogen-bond donors (Lipinski definition) is 1. The minimum Gasteiger partial charge on any atom is -0.355 e. The highest BCUT2D eigenvalue weighted by atomic mass is 35.5. The molecule has 1 rings (SSSR count). The van der Waals surface area contributed by atoms with Gasteiger partial charge in [-0.2, -0.15) is 0 Å². The van der Waals surface area contributed by atoms with Gasteiger partial charge in [0.1, 0.15) is 4.33 Å². The van der Waals surface area contributed by atoms with Crippen LogP contribution in [0, 0.1) is 11.8 Å². The predicted octanol–water partition coefficient (Wildman–Crippen LogP) is 3.12. The molecule has 0 radical (unpaired) electrons. The summed E-state index contributed by atoms with van der Waals surface area (Å²) < 4.78 is -0.584. The van der Waals surface area contributed by atoms with Crippen molar-refractivity contribution in [2.75, 3.05) is 6.54 Å². The molecule has 0 aromatic heterocycles. The van der Waals surface area contributed by atoms with E-state index in [1.54, 1.807) is 0 Å². The van der Waals surface area contributed by atoms with E-state index in [4.69, 9.17) is 23.2 Å². The quantitative estimate of drug-likeness (QED) is 0.723. The molecule has 15 heavy (non-hydrogen) atoms. The first-order valence-corrected chi connectivity index (χ1v) is 6.42. The van der Waals surface area contributed by atoms with Gasteiger partial charge < -0.3 is 5.32 Å². The molecule has 1 fully saturated rings. The number of nitrogens with one attached hydrogen (secondary N) is 1. The summed E-state index contributed by atoms with van der Waals surface area (Å²) >= 11 is 11.8. The number of amides is 1. The zero-order valence-corrected chi connectivity index (χ0v) is 10.9. The van der Waals surface area contributed by atoms with Crippen LogP contribution >= 0.6 is 23.2 Å². The molecule has 2 atom stereocenters. The van der Waals surface area contributed by atoms with Crippen LogP contribution in [-0.4, -0.2) is 16.8 Å². The van der Waals surface area contributed by atoms with E-state index >= 15 is 0 Å². The second-order valence-electron chi connectivity index (χ2n) is 4.30. The highest BCUT2D eigenvalue weighted by Gasteiger charge is 2.51. The van der Waals surface area contributed by atoms with Gasteiger partial charge in [0.15, 0.2) is 0 Å². The number of carbonyl (C=O) groups is 1. The summed E-state index contributed by atoms with van der Waals surface area (Å²) in [5, 5.41) is 2.93. The molecule has 0 spiro atoms. The Labute approximate surface area is 102 Å². The van der Waals surface area contributed by atoms with E-state index < -0.39 is 4.33 Å². The zero-order chi connectivity index (χ0) is 11.5. The fourth-order valence-corrected chi connectivity index (χ4v) is 2.26. The number of carbonyl (C=O) groups excluding carboxylic acids is 1. The van der Waals surface area contributed by atoms with Gasteiger partial charge in [-0.25, -0.2) is 0 Å². The van der Waals surface area contributed by atoms with E-state index in [-0.39, 0.29) is 17.7 Å². The highest BCUT2D eigenvalue weighted by molar-refractivity contribution is 6.50. The summed E-state index contributed by atoms with van der Waals surface area (Å²) in [6, 6.07) is 0. The van der Waals surface area contributed by atoms with Crippen LogP contribution in [0.4, 0.5) is 0 Å². The summed E-state index contributed by atoms with van der Waals surface area (Å²) in [5.74, 6) is 0.535. The Morgan fingerprint density at radius 2 is 2.13 bits per heavy atom. The molecule has 1 aliphatic rings. The van der Waals surface area contributed by atoms with Gasteiger partial charge in [-0.15, -0.1) is 23.2 Å². The first-order valence-electron chi connectivity index (χ1n) is 5.66. The van der Waals surface area contributed by atoms with Gasteiger partial charge in [0.2, 0.25) is 5.91 Å². The lowest BCUT2D eigenvalue weighted by atomic mass is 10.00. The lowest BCUT2D eigenvalue weighted by Crippen LogP contribution is -2.32. The van der Waals surface area contributed by atoms with Crippen molar-refractivity contribution in [3.63, 3.8) is 0 Å². The molecule has 2 nitrogen and oxygen atoms in total. The third kappa shape index (κ3) is 3.84. The van der Waals surface area contributed by atoms with E-state index in [2.05, 4.69) is 12.2 Å². The van der Waals surface area contributed by atoms with Crippen molar-refractivity contribution >= 4 is 29.1 Å². The Morgan fingerprint density at radius 1 is 1.53 bits per heavy atom. The molecule has 0 aromatic carbocycles. The number of rotatable bonds is 6. The van der Waals surface area contributed by atoms with Crippen molar-refractivity contribution in [1.82, 2.24) is 5.32 Å². The van der Waals surface area contributed by atoms with Crippen LogP contribution < -0.4 is 5.32 Å². The molecule has 1 saturated carbocycles. The van der Waals surface area contributed by atoms with Crippen LogP contribution in [0.2, 0.25) is 0 Å². The Kier molecular flexibility index (Phi) is 4.72. The van der Waals surface area contributed by atoms with Crippen molar-refractivity contribution in [3.05, 3.63) is 0 Å². The summed E-state index contributed by atoms with van der Waals surface area (Å²) in [6.45, 7) is 4.76. The third-order valence-corrected chi connectivity index (χ3v) is 3.90. The zero-order valence-electron chi connectivity index (χ0n) is 9.35. The van der Waals surface area contributed by atoms with Crippen LogP contribution in [0.15, 0.2) is 0 Å². The molecule has 1 amide bonds. The fraction of sp³-hybridized carbons (Fsp3) is 0.909. The van der Waals surface area contributed by atoms with Gasteiger partial charge >= 0.3 is 0 Å². The third-order valence-electron chi connectivity index (χ3n) is 2.98.